The van der Waals surface area contributed by atoms with Crippen LogP contribution in [0.15, 0.2) is 18.2 Å². The van der Waals surface area contributed by atoms with Crippen molar-refractivity contribution in [2.24, 2.45) is 5.92 Å². The van der Waals surface area contributed by atoms with E-state index in [4.69, 9.17) is 10.00 Å². The Morgan fingerprint density at radius 3 is 2.59 bits per heavy atom. The van der Waals surface area contributed by atoms with E-state index in [2.05, 4.69) is 25.2 Å². The molecular weight excluding hydrogens is 212 g/mol. The molecule has 1 aromatic carbocycles. The van der Waals surface area contributed by atoms with Crippen molar-refractivity contribution in [3.8, 4) is 11.8 Å². The molecule has 3 nitrogen and oxygen atoms in total. The number of nitrogens with one attached hydrogen (secondary N) is 1. The zero-order valence-corrected chi connectivity index (χ0v) is 10.8. The van der Waals surface area contributed by atoms with Gasteiger partial charge in [0.05, 0.1) is 24.4 Å². The van der Waals surface area contributed by atoms with Gasteiger partial charge < -0.3 is 10.1 Å². The van der Waals surface area contributed by atoms with Gasteiger partial charge in [-0.05, 0) is 18.1 Å². The Morgan fingerprint density at radius 2 is 2.06 bits per heavy atom. The highest BCUT2D eigenvalue weighted by Crippen LogP contribution is 2.25. The normalized spacial score (nSPS) is 10.1. The van der Waals surface area contributed by atoms with E-state index in [-0.39, 0.29) is 0 Å². The number of methoxy groups -OCH3 is 1. The number of ether oxygens (including phenoxy) is 1. The molecule has 0 radical (unpaired) electrons. The van der Waals surface area contributed by atoms with Gasteiger partial charge in [-0.15, -0.1) is 0 Å². The number of hydrogen-bond donors (Lipinski definition) is 1. The Hall–Kier alpha value is -1.69. The summed E-state index contributed by atoms with van der Waals surface area (Å²) in [7, 11) is 1.62. The number of nitriles is 1. The van der Waals surface area contributed by atoms with Crippen LogP contribution in [0.3, 0.4) is 0 Å². The average Bonchev–Trinajstić information content (AvgIpc) is 2.39. The Balaban J connectivity index is 2.74. The third-order valence-electron chi connectivity index (χ3n) is 3.07. The molecule has 0 aliphatic heterocycles. The van der Waals surface area contributed by atoms with Crippen LogP contribution in [0.1, 0.15) is 32.3 Å². The van der Waals surface area contributed by atoms with Crippen LogP contribution in [-0.2, 0) is 0 Å². The van der Waals surface area contributed by atoms with Gasteiger partial charge in [-0.1, -0.05) is 26.7 Å². The molecule has 0 fully saturated rings. The highest BCUT2D eigenvalue weighted by Gasteiger charge is 2.07. The summed E-state index contributed by atoms with van der Waals surface area (Å²) in [6.07, 6.45) is 2.34. The standard InChI is InChI=1S/C14H20N2O/c1-4-11(5-2)10-16-13-7-6-12(9-15)8-14(13)17-3/h6-8,11,16H,4-5,10H2,1-3H3. The summed E-state index contributed by atoms with van der Waals surface area (Å²) in [5, 5.41) is 12.2. The Bertz CT molecular complexity index is 392. The summed E-state index contributed by atoms with van der Waals surface area (Å²) >= 11 is 0. The molecule has 1 aromatic rings. The molecule has 0 aliphatic carbocycles. The molecule has 0 unspecified atom stereocenters. The number of anilines is 1. The van der Waals surface area contributed by atoms with E-state index in [0.29, 0.717) is 11.5 Å². The van der Waals surface area contributed by atoms with Crippen LogP contribution in [0, 0.1) is 17.2 Å². The van der Waals surface area contributed by atoms with Crippen molar-refractivity contribution in [2.45, 2.75) is 26.7 Å². The quantitative estimate of drug-likeness (QED) is 0.817. The second-order valence-electron chi connectivity index (χ2n) is 4.09. The van der Waals surface area contributed by atoms with Gasteiger partial charge in [0.1, 0.15) is 5.75 Å². The zero-order chi connectivity index (χ0) is 12.7. The summed E-state index contributed by atoms with van der Waals surface area (Å²) in [4.78, 5) is 0. The maximum Gasteiger partial charge on any atom is 0.143 e. The van der Waals surface area contributed by atoms with Gasteiger partial charge >= 0.3 is 0 Å². The van der Waals surface area contributed by atoms with Crippen LogP contribution >= 0.6 is 0 Å². The van der Waals surface area contributed by atoms with E-state index in [1.54, 1.807) is 19.2 Å². The minimum Gasteiger partial charge on any atom is -0.495 e. The van der Waals surface area contributed by atoms with Crippen molar-refractivity contribution in [1.29, 1.82) is 5.26 Å². The fourth-order valence-corrected chi connectivity index (χ4v) is 1.74. The third kappa shape index (κ3) is 3.67. The smallest absolute Gasteiger partial charge is 0.143 e. The summed E-state index contributed by atoms with van der Waals surface area (Å²) in [5.41, 5.74) is 1.58. The van der Waals surface area contributed by atoms with E-state index in [0.717, 1.165) is 18.0 Å². The van der Waals surface area contributed by atoms with Crippen LogP contribution in [0.25, 0.3) is 0 Å². The van der Waals surface area contributed by atoms with Crippen LogP contribution in [0.2, 0.25) is 0 Å². The zero-order valence-electron chi connectivity index (χ0n) is 10.8. The van der Waals surface area contributed by atoms with Crippen molar-refractivity contribution in [3.05, 3.63) is 23.8 Å². The molecule has 0 saturated heterocycles. The molecule has 1 rings (SSSR count). The van der Waals surface area contributed by atoms with Crippen LogP contribution < -0.4 is 10.1 Å². The molecule has 0 spiro atoms. The lowest BCUT2D eigenvalue weighted by molar-refractivity contribution is 0.415. The third-order valence-corrected chi connectivity index (χ3v) is 3.07. The van der Waals surface area contributed by atoms with Crippen molar-refractivity contribution >= 4 is 5.69 Å². The molecule has 0 amide bonds. The summed E-state index contributed by atoms with van der Waals surface area (Å²) in [6, 6.07) is 7.57. The largest absolute Gasteiger partial charge is 0.495 e. The van der Waals surface area contributed by atoms with Gasteiger partial charge in [0, 0.05) is 12.6 Å². The molecule has 0 bridgehead atoms. The maximum atomic E-state index is 8.82. The fourth-order valence-electron chi connectivity index (χ4n) is 1.74. The molecule has 0 saturated carbocycles. The second kappa shape index (κ2) is 6.80. The molecule has 0 aromatic heterocycles. The van der Waals surface area contributed by atoms with Crippen LogP contribution in [0.4, 0.5) is 5.69 Å². The van der Waals surface area contributed by atoms with Gasteiger partial charge in [-0.25, -0.2) is 0 Å². The van der Waals surface area contributed by atoms with Gasteiger partial charge in [0.2, 0.25) is 0 Å². The molecule has 0 heterocycles. The van der Waals surface area contributed by atoms with Crippen molar-refractivity contribution in [1.82, 2.24) is 0 Å². The van der Waals surface area contributed by atoms with E-state index < -0.39 is 0 Å². The lowest BCUT2D eigenvalue weighted by atomic mass is 10.0. The highest BCUT2D eigenvalue weighted by molar-refractivity contribution is 5.59. The van der Waals surface area contributed by atoms with E-state index in [1.165, 1.54) is 12.8 Å². The minimum atomic E-state index is 0.620. The average molecular weight is 232 g/mol. The predicted octanol–water partition coefficient (Wildman–Crippen LogP) is 3.41. The van der Waals surface area contributed by atoms with Gasteiger partial charge in [0.25, 0.3) is 0 Å². The van der Waals surface area contributed by atoms with Crippen LogP contribution in [0.5, 0.6) is 5.75 Å². The molecular formula is C14H20N2O. The second-order valence-corrected chi connectivity index (χ2v) is 4.09. The molecule has 1 N–H and O–H groups in total. The summed E-state index contributed by atoms with van der Waals surface area (Å²) < 4.78 is 5.27. The highest BCUT2D eigenvalue weighted by atomic mass is 16.5. The van der Waals surface area contributed by atoms with Gasteiger partial charge in [-0.3, -0.25) is 0 Å². The lowest BCUT2D eigenvalue weighted by Crippen LogP contribution is -2.13. The number of benzene rings is 1. The Morgan fingerprint density at radius 1 is 1.35 bits per heavy atom. The molecule has 17 heavy (non-hydrogen) atoms. The minimum absolute atomic E-state index is 0.620. The topological polar surface area (TPSA) is 45.0 Å². The molecule has 3 heteroatoms. The van der Waals surface area contributed by atoms with Gasteiger partial charge in [-0.2, -0.15) is 5.26 Å². The monoisotopic (exact) mass is 232 g/mol. The SMILES string of the molecule is CCC(CC)CNc1ccc(C#N)cc1OC. The first-order chi connectivity index (χ1) is 8.24. The van der Waals surface area contributed by atoms with Gasteiger partial charge in [0.15, 0.2) is 0 Å². The lowest BCUT2D eigenvalue weighted by Gasteiger charge is -2.16. The van der Waals surface area contributed by atoms with Crippen molar-refractivity contribution in [3.63, 3.8) is 0 Å². The summed E-state index contributed by atoms with van der Waals surface area (Å²) in [6.45, 7) is 5.34. The number of nitrogens with zero attached hydrogens (tertiary/aromatic N) is 1. The van der Waals surface area contributed by atoms with E-state index in [1.807, 2.05) is 6.07 Å². The fraction of sp³-hybridized carbons (Fsp3) is 0.500. The van der Waals surface area contributed by atoms with Crippen molar-refractivity contribution < 1.29 is 4.74 Å². The molecule has 92 valence electrons. The van der Waals surface area contributed by atoms with Crippen LogP contribution in [-0.4, -0.2) is 13.7 Å². The summed E-state index contributed by atoms with van der Waals surface area (Å²) in [5.74, 6) is 1.41. The number of rotatable bonds is 6. The predicted molar refractivity (Wildman–Crippen MR) is 70.3 cm³/mol. The Kier molecular flexibility index (Phi) is 5.35. The maximum absolute atomic E-state index is 8.82. The molecule has 0 atom stereocenters. The van der Waals surface area contributed by atoms with E-state index >= 15 is 0 Å². The Labute approximate surface area is 103 Å². The molecule has 0 aliphatic rings. The first kappa shape index (κ1) is 13.4. The van der Waals surface area contributed by atoms with E-state index in [9.17, 15) is 0 Å². The van der Waals surface area contributed by atoms with Crippen molar-refractivity contribution in [2.75, 3.05) is 19.0 Å². The first-order valence-electron chi connectivity index (χ1n) is 6.07. The number of hydrogen-bond acceptors (Lipinski definition) is 3. The first-order valence-corrected chi connectivity index (χ1v) is 6.07.